The molecule has 1 aliphatic heterocycles. The first-order valence-electron chi connectivity index (χ1n) is 9.53. The molecule has 3 rings (SSSR count). The lowest BCUT2D eigenvalue weighted by atomic mass is 9.98. The second kappa shape index (κ2) is 8.94. The molecule has 0 bridgehead atoms. The van der Waals surface area contributed by atoms with Gasteiger partial charge in [0.15, 0.2) is 4.90 Å². The van der Waals surface area contributed by atoms with Gasteiger partial charge < -0.3 is 19.8 Å². The third-order valence-electron chi connectivity index (χ3n) is 5.09. The fraction of sp³-hybridized carbons (Fsp3) is 0.421. The molecule has 0 unspecified atom stereocenters. The van der Waals surface area contributed by atoms with Gasteiger partial charge in [0.25, 0.3) is 5.56 Å². The van der Waals surface area contributed by atoms with Crippen LogP contribution in [0.2, 0.25) is 0 Å². The minimum atomic E-state index is -4.20. The number of amides is 1. The van der Waals surface area contributed by atoms with Crippen molar-refractivity contribution in [2.24, 2.45) is 5.92 Å². The summed E-state index contributed by atoms with van der Waals surface area (Å²) in [6.07, 6.45) is 0.925. The van der Waals surface area contributed by atoms with E-state index in [-0.39, 0.29) is 24.7 Å². The molecular weight excluding hydrogens is 428 g/mol. The van der Waals surface area contributed by atoms with Gasteiger partial charge in [0.05, 0.1) is 25.8 Å². The predicted molar refractivity (Wildman–Crippen MR) is 112 cm³/mol. The average Bonchev–Trinajstić information content (AvgIpc) is 2.73. The molecular formula is C19H24N4O7S. The second-order valence-electron chi connectivity index (χ2n) is 7.12. The van der Waals surface area contributed by atoms with Gasteiger partial charge in [-0.3, -0.25) is 14.6 Å². The van der Waals surface area contributed by atoms with Crippen molar-refractivity contribution in [3.05, 3.63) is 44.7 Å². The van der Waals surface area contributed by atoms with Crippen LogP contribution in [0.3, 0.4) is 0 Å². The number of nitrogens with zero attached hydrogens (tertiary/aromatic N) is 1. The first kappa shape index (κ1) is 22.6. The van der Waals surface area contributed by atoms with E-state index in [1.165, 1.54) is 21.1 Å². The zero-order chi connectivity index (χ0) is 22.8. The molecule has 0 spiro atoms. The Hall–Kier alpha value is -3.12. The van der Waals surface area contributed by atoms with E-state index in [4.69, 9.17) is 9.47 Å². The lowest BCUT2D eigenvalue weighted by Gasteiger charge is -2.31. The van der Waals surface area contributed by atoms with E-state index >= 15 is 0 Å². The number of piperidine rings is 1. The number of hydrogen-bond donors (Lipinski definition) is 3. The van der Waals surface area contributed by atoms with Crippen molar-refractivity contribution < 1.29 is 22.7 Å². The molecule has 168 valence electrons. The number of aromatic amines is 2. The molecule has 1 saturated heterocycles. The third-order valence-corrected chi connectivity index (χ3v) is 7.11. The van der Waals surface area contributed by atoms with Crippen molar-refractivity contribution >= 4 is 21.6 Å². The molecule has 2 aromatic rings. The molecule has 0 aliphatic carbocycles. The Bertz CT molecular complexity index is 1200. The number of methoxy groups -OCH3 is 2. The van der Waals surface area contributed by atoms with E-state index in [9.17, 15) is 22.8 Å². The van der Waals surface area contributed by atoms with Crippen LogP contribution in [0, 0.1) is 12.8 Å². The van der Waals surface area contributed by atoms with E-state index in [0.29, 0.717) is 30.0 Å². The Morgan fingerprint density at radius 1 is 1.19 bits per heavy atom. The normalized spacial score (nSPS) is 17.2. The number of carbonyl (C=O) groups excluding carboxylic acids is 1. The van der Waals surface area contributed by atoms with Crippen LogP contribution in [-0.4, -0.2) is 55.9 Å². The highest BCUT2D eigenvalue weighted by molar-refractivity contribution is 7.89. The summed E-state index contributed by atoms with van der Waals surface area (Å²) >= 11 is 0. The molecule has 1 aromatic carbocycles. The van der Waals surface area contributed by atoms with Crippen LogP contribution in [0.5, 0.6) is 11.5 Å². The van der Waals surface area contributed by atoms with Crippen molar-refractivity contribution in [3.63, 3.8) is 0 Å². The summed E-state index contributed by atoms with van der Waals surface area (Å²) in [6, 6.07) is 4.93. The van der Waals surface area contributed by atoms with Crippen LogP contribution in [-0.2, 0) is 14.8 Å². The molecule has 12 heteroatoms. The topological polar surface area (TPSA) is 151 Å². The van der Waals surface area contributed by atoms with Crippen LogP contribution in [0.25, 0.3) is 0 Å². The van der Waals surface area contributed by atoms with Crippen molar-refractivity contribution in [1.82, 2.24) is 14.3 Å². The van der Waals surface area contributed by atoms with Crippen molar-refractivity contribution in [2.45, 2.75) is 24.7 Å². The highest BCUT2D eigenvalue weighted by Crippen LogP contribution is 2.30. The first-order valence-corrected chi connectivity index (χ1v) is 11.0. The van der Waals surface area contributed by atoms with Gasteiger partial charge in [-0.25, -0.2) is 13.2 Å². The molecule has 11 nitrogen and oxygen atoms in total. The van der Waals surface area contributed by atoms with Gasteiger partial charge >= 0.3 is 5.69 Å². The number of anilines is 1. The summed E-state index contributed by atoms with van der Waals surface area (Å²) in [4.78, 5) is 40.1. The highest BCUT2D eigenvalue weighted by Gasteiger charge is 2.36. The van der Waals surface area contributed by atoms with E-state index in [2.05, 4.69) is 10.3 Å². The molecule has 2 heterocycles. The Morgan fingerprint density at radius 2 is 1.94 bits per heavy atom. The lowest BCUT2D eigenvalue weighted by molar-refractivity contribution is -0.120. The Balaban J connectivity index is 1.81. The quantitative estimate of drug-likeness (QED) is 0.575. The fourth-order valence-electron chi connectivity index (χ4n) is 3.54. The van der Waals surface area contributed by atoms with Crippen LogP contribution in [0.4, 0.5) is 5.69 Å². The molecule has 0 saturated carbocycles. The van der Waals surface area contributed by atoms with Gasteiger partial charge in [-0.1, -0.05) is 0 Å². The Labute approximate surface area is 178 Å². The zero-order valence-electron chi connectivity index (χ0n) is 17.4. The molecule has 1 atom stereocenters. The van der Waals surface area contributed by atoms with Gasteiger partial charge in [0.1, 0.15) is 11.5 Å². The standard InChI is InChI=1S/C19H24N4O7S/c1-11-16(18(25)22-19(26)20-11)31(27,28)23-8-4-5-12(10-23)17(24)21-14-7-6-13(29-2)9-15(14)30-3/h6-7,9,12H,4-5,8,10H2,1-3H3,(H,21,24)(H2,20,22,25,26)/t12-/m1/s1. The number of sulfonamides is 1. The van der Waals surface area contributed by atoms with Crippen LogP contribution >= 0.6 is 0 Å². The first-order chi connectivity index (χ1) is 14.7. The molecule has 31 heavy (non-hydrogen) atoms. The van der Waals surface area contributed by atoms with Gasteiger partial charge in [0.2, 0.25) is 15.9 Å². The molecule has 3 N–H and O–H groups in total. The predicted octanol–water partition coefficient (Wildman–Crippen LogP) is 0.428. The minimum absolute atomic E-state index is 0.0525. The number of nitrogens with one attached hydrogen (secondary N) is 3. The summed E-state index contributed by atoms with van der Waals surface area (Å²) in [7, 11) is -1.23. The van der Waals surface area contributed by atoms with Gasteiger partial charge in [-0.2, -0.15) is 4.31 Å². The number of hydrogen-bond acceptors (Lipinski definition) is 7. The van der Waals surface area contributed by atoms with Crippen molar-refractivity contribution in [2.75, 3.05) is 32.6 Å². The van der Waals surface area contributed by atoms with Crippen LogP contribution in [0.1, 0.15) is 18.5 Å². The minimum Gasteiger partial charge on any atom is -0.497 e. The summed E-state index contributed by atoms with van der Waals surface area (Å²) < 4.78 is 37.6. The SMILES string of the molecule is COc1ccc(NC(=O)[C@@H]2CCCN(S(=O)(=O)c3c(C)[nH]c(=O)[nH]c3=O)C2)c(OC)c1. The number of carbonyl (C=O) groups is 1. The molecule has 1 fully saturated rings. The Morgan fingerprint density at radius 3 is 2.58 bits per heavy atom. The molecule has 0 radical (unpaired) electrons. The number of aromatic nitrogens is 2. The maximum Gasteiger partial charge on any atom is 0.325 e. The zero-order valence-corrected chi connectivity index (χ0v) is 18.2. The summed E-state index contributed by atoms with van der Waals surface area (Å²) in [5, 5.41) is 2.77. The van der Waals surface area contributed by atoms with E-state index in [0.717, 1.165) is 4.31 Å². The van der Waals surface area contributed by atoms with Crippen molar-refractivity contribution in [1.29, 1.82) is 0 Å². The molecule has 1 amide bonds. The van der Waals surface area contributed by atoms with E-state index in [1.54, 1.807) is 18.2 Å². The number of ether oxygens (including phenoxy) is 2. The fourth-order valence-corrected chi connectivity index (χ4v) is 5.27. The summed E-state index contributed by atoms with van der Waals surface area (Å²) in [6.45, 7) is 1.41. The second-order valence-corrected chi connectivity index (χ2v) is 8.99. The highest BCUT2D eigenvalue weighted by atomic mass is 32.2. The summed E-state index contributed by atoms with van der Waals surface area (Å²) in [5.74, 6) is -0.0254. The van der Waals surface area contributed by atoms with E-state index in [1.807, 2.05) is 4.98 Å². The van der Waals surface area contributed by atoms with Crippen molar-refractivity contribution in [3.8, 4) is 11.5 Å². The number of rotatable bonds is 6. The monoisotopic (exact) mass is 452 g/mol. The van der Waals surface area contributed by atoms with Crippen LogP contribution < -0.4 is 26.0 Å². The summed E-state index contributed by atoms with van der Waals surface area (Å²) in [5.41, 5.74) is -1.40. The van der Waals surface area contributed by atoms with Crippen LogP contribution in [0.15, 0.2) is 32.7 Å². The number of aryl methyl sites for hydroxylation is 1. The maximum absolute atomic E-state index is 13.1. The number of benzene rings is 1. The smallest absolute Gasteiger partial charge is 0.325 e. The lowest BCUT2D eigenvalue weighted by Crippen LogP contribution is -2.45. The van der Waals surface area contributed by atoms with Gasteiger partial charge in [-0.05, 0) is 31.9 Å². The molecule has 1 aromatic heterocycles. The Kier molecular flexibility index (Phi) is 6.51. The average molecular weight is 452 g/mol. The van der Waals surface area contributed by atoms with Gasteiger partial charge in [-0.15, -0.1) is 0 Å². The number of H-pyrrole nitrogens is 2. The third kappa shape index (κ3) is 4.64. The molecule has 1 aliphatic rings. The largest absolute Gasteiger partial charge is 0.497 e. The van der Waals surface area contributed by atoms with Gasteiger partial charge in [0, 0.05) is 24.8 Å². The maximum atomic E-state index is 13.1. The van der Waals surface area contributed by atoms with E-state index < -0.39 is 32.1 Å².